The fourth-order valence-corrected chi connectivity index (χ4v) is 3.01. The lowest BCUT2D eigenvalue weighted by Crippen LogP contribution is -2.25. The molecule has 7 heteroatoms. The van der Waals surface area contributed by atoms with Gasteiger partial charge in [-0.2, -0.15) is 4.98 Å². The van der Waals surface area contributed by atoms with Crippen molar-refractivity contribution in [2.45, 2.75) is 33.8 Å². The first-order valence-electron chi connectivity index (χ1n) is 10.7. The highest BCUT2D eigenvalue weighted by atomic mass is 16.5. The van der Waals surface area contributed by atoms with Crippen LogP contribution >= 0.6 is 0 Å². The molecule has 1 atom stereocenters. The Morgan fingerprint density at radius 3 is 2.39 bits per heavy atom. The first kappa shape index (κ1) is 22.8. The zero-order valence-electron chi connectivity index (χ0n) is 18.7. The van der Waals surface area contributed by atoms with E-state index in [0.717, 1.165) is 22.8 Å². The van der Waals surface area contributed by atoms with E-state index in [2.05, 4.69) is 48.3 Å². The van der Waals surface area contributed by atoms with E-state index in [-0.39, 0.29) is 0 Å². The lowest BCUT2D eigenvalue weighted by atomic mass is 10.1. The maximum absolute atomic E-state index is 10.1. The Kier molecular flexibility index (Phi) is 8.03. The van der Waals surface area contributed by atoms with Crippen LogP contribution < -0.4 is 10.1 Å². The minimum Gasteiger partial charge on any atom is -0.463 e. The average Bonchev–Trinajstić information content (AvgIpc) is 3.17. The summed E-state index contributed by atoms with van der Waals surface area (Å²) in [6.45, 7) is 10.0. The lowest BCUT2D eigenvalue weighted by molar-refractivity contribution is 0.0318. The number of ether oxygens (including phenoxy) is 2. The monoisotopic (exact) mass is 424 g/mol. The summed E-state index contributed by atoms with van der Waals surface area (Å²) in [6.07, 6.45) is -0.560. The van der Waals surface area contributed by atoms with Gasteiger partial charge in [0.2, 0.25) is 0 Å². The van der Waals surface area contributed by atoms with Crippen molar-refractivity contribution < 1.29 is 14.6 Å². The van der Waals surface area contributed by atoms with Gasteiger partial charge in [0, 0.05) is 24.4 Å². The van der Waals surface area contributed by atoms with Crippen LogP contribution in [-0.4, -0.2) is 52.3 Å². The van der Waals surface area contributed by atoms with Gasteiger partial charge in [-0.05, 0) is 44.0 Å². The van der Waals surface area contributed by atoms with Gasteiger partial charge < -0.3 is 19.9 Å². The Morgan fingerprint density at radius 1 is 1.03 bits per heavy atom. The number of hydrogen-bond donors (Lipinski definition) is 2. The number of nitrogens with zero attached hydrogens (tertiary/aromatic N) is 3. The van der Waals surface area contributed by atoms with Crippen LogP contribution in [0.5, 0.6) is 6.01 Å². The highest BCUT2D eigenvalue weighted by Crippen LogP contribution is 2.24. The molecule has 0 saturated heterocycles. The first-order valence-corrected chi connectivity index (χ1v) is 10.7. The van der Waals surface area contributed by atoms with Gasteiger partial charge in [0.1, 0.15) is 0 Å². The van der Waals surface area contributed by atoms with Gasteiger partial charge in [0.15, 0.2) is 5.82 Å². The number of hydrogen-bond acceptors (Lipinski definition) is 6. The van der Waals surface area contributed by atoms with E-state index < -0.39 is 6.10 Å². The van der Waals surface area contributed by atoms with Crippen LogP contribution in [0.4, 0.5) is 5.69 Å². The molecule has 3 rings (SSSR count). The summed E-state index contributed by atoms with van der Waals surface area (Å²) in [5.74, 6) is 1.18. The number of anilines is 1. The summed E-state index contributed by atoms with van der Waals surface area (Å²) in [7, 11) is 0. The quantitative estimate of drug-likeness (QED) is 0.483. The van der Waals surface area contributed by atoms with Crippen LogP contribution in [0.25, 0.3) is 17.1 Å². The third kappa shape index (κ3) is 6.54. The highest BCUT2D eigenvalue weighted by molar-refractivity contribution is 5.60. The summed E-state index contributed by atoms with van der Waals surface area (Å²) in [5, 5.41) is 17.8. The molecule has 1 heterocycles. The van der Waals surface area contributed by atoms with E-state index in [0.29, 0.717) is 38.3 Å². The molecular weight excluding hydrogens is 392 g/mol. The topological polar surface area (TPSA) is 81.4 Å². The van der Waals surface area contributed by atoms with Crippen molar-refractivity contribution in [1.82, 2.24) is 14.8 Å². The molecule has 7 nitrogen and oxygen atoms in total. The number of rotatable bonds is 11. The normalized spacial score (nSPS) is 12.2. The number of aliphatic hydroxyl groups excluding tert-OH is 1. The smallest absolute Gasteiger partial charge is 0.336 e. The van der Waals surface area contributed by atoms with Crippen LogP contribution in [0, 0.1) is 12.8 Å². The summed E-state index contributed by atoms with van der Waals surface area (Å²) in [6, 6.07) is 16.4. The molecule has 2 N–H and O–H groups in total. The second kappa shape index (κ2) is 10.9. The van der Waals surface area contributed by atoms with Crippen LogP contribution in [0.15, 0.2) is 48.5 Å². The molecule has 1 aromatic heterocycles. The Morgan fingerprint density at radius 2 is 1.74 bits per heavy atom. The summed E-state index contributed by atoms with van der Waals surface area (Å²) < 4.78 is 12.8. The number of aliphatic hydroxyl groups is 1. The van der Waals surface area contributed by atoms with Gasteiger partial charge in [0.25, 0.3) is 0 Å². The molecule has 0 fully saturated rings. The van der Waals surface area contributed by atoms with Crippen LogP contribution in [0.1, 0.15) is 26.3 Å². The Bertz CT molecular complexity index is 936. The largest absolute Gasteiger partial charge is 0.463 e. The molecule has 166 valence electrons. The van der Waals surface area contributed by atoms with Crippen molar-refractivity contribution in [3.8, 4) is 23.1 Å². The van der Waals surface area contributed by atoms with Crippen LogP contribution in [0.2, 0.25) is 0 Å². The molecule has 0 saturated carbocycles. The molecule has 0 bridgehead atoms. The number of aromatic nitrogens is 3. The fourth-order valence-electron chi connectivity index (χ4n) is 3.01. The second-order valence-electron chi connectivity index (χ2n) is 7.94. The summed E-state index contributed by atoms with van der Waals surface area (Å²) >= 11 is 0. The first-order chi connectivity index (χ1) is 15.0. The van der Waals surface area contributed by atoms with Crippen LogP contribution in [-0.2, 0) is 4.74 Å². The average molecular weight is 425 g/mol. The molecular formula is C24H32N4O3. The molecule has 0 spiro atoms. The lowest BCUT2D eigenvalue weighted by Gasteiger charge is -2.14. The van der Waals surface area contributed by atoms with Crippen molar-refractivity contribution in [1.29, 1.82) is 0 Å². The van der Waals surface area contributed by atoms with Gasteiger partial charge in [-0.3, -0.25) is 0 Å². The van der Waals surface area contributed by atoms with E-state index in [9.17, 15) is 5.11 Å². The molecule has 1 unspecified atom stereocenters. The van der Waals surface area contributed by atoms with Crippen molar-refractivity contribution in [3.05, 3.63) is 54.1 Å². The van der Waals surface area contributed by atoms with E-state index in [1.54, 1.807) is 4.68 Å². The highest BCUT2D eigenvalue weighted by Gasteiger charge is 2.14. The predicted molar refractivity (Wildman–Crippen MR) is 123 cm³/mol. The molecule has 0 aliphatic rings. The van der Waals surface area contributed by atoms with Gasteiger partial charge >= 0.3 is 6.01 Å². The molecule has 2 aromatic carbocycles. The van der Waals surface area contributed by atoms with Crippen molar-refractivity contribution >= 4 is 5.69 Å². The predicted octanol–water partition coefficient (Wildman–Crippen LogP) is 4.09. The molecule has 3 aromatic rings. The molecule has 0 amide bonds. The third-order valence-corrected chi connectivity index (χ3v) is 4.59. The molecule has 0 aliphatic heterocycles. The van der Waals surface area contributed by atoms with Crippen molar-refractivity contribution in [2.24, 2.45) is 5.92 Å². The Hall–Kier alpha value is -2.90. The van der Waals surface area contributed by atoms with Crippen molar-refractivity contribution in [3.63, 3.8) is 0 Å². The van der Waals surface area contributed by atoms with Crippen LogP contribution in [0.3, 0.4) is 0 Å². The van der Waals surface area contributed by atoms with E-state index in [1.807, 2.05) is 43.3 Å². The van der Waals surface area contributed by atoms with E-state index in [4.69, 9.17) is 9.47 Å². The van der Waals surface area contributed by atoms with Gasteiger partial charge in [-0.15, -0.1) is 5.10 Å². The summed E-state index contributed by atoms with van der Waals surface area (Å²) in [4.78, 5) is 4.57. The second-order valence-corrected chi connectivity index (χ2v) is 7.94. The van der Waals surface area contributed by atoms with Gasteiger partial charge in [0.05, 0.1) is 25.0 Å². The van der Waals surface area contributed by atoms with Gasteiger partial charge in [-0.25, -0.2) is 4.68 Å². The zero-order chi connectivity index (χ0) is 22.2. The minimum atomic E-state index is -0.560. The molecule has 0 aliphatic carbocycles. The zero-order valence-corrected chi connectivity index (χ0v) is 18.7. The minimum absolute atomic E-state index is 0.322. The standard InChI is InChI=1S/C24H32N4O3/c1-5-31-24-26-23(19-8-6-18(4)7-9-19)28(27-24)21-12-10-20(11-13-21)25-14-22(29)16-30-15-17(2)3/h6-13,17,22,25,29H,5,14-16H2,1-4H3. The molecule has 31 heavy (non-hydrogen) atoms. The maximum atomic E-state index is 10.1. The summed E-state index contributed by atoms with van der Waals surface area (Å²) in [5.41, 5.74) is 3.94. The maximum Gasteiger partial charge on any atom is 0.336 e. The van der Waals surface area contributed by atoms with E-state index in [1.165, 1.54) is 5.56 Å². The Labute approximate surface area is 184 Å². The van der Waals surface area contributed by atoms with Crippen molar-refractivity contribution in [2.75, 3.05) is 31.7 Å². The SMILES string of the molecule is CCOc1nc(-c2ccc(C)cc2)n(-c2ccc(NCC(O)COCC(C)C)cc2)n1. The number of nitrogens with one attached hydrogen (secondary N) is 1. The Balaban J connectivity index is 1.70. The molecule has 0 radical (unpaired) electrons. The van der Waals surface area contributed by atoms with E-state index >= 15 is 0 Å². The fraction of sp³-hybridized carbons (Fsp3) is 0.417. The number of benzene rings is 2. The van der Waals surface area contributed by atoms with Gasteiger partial charge in [-0.1, -0.05) is 43.7 Å². The third-order valence-electron chi connectivity index (χ3n) is 4.59. The number of aryl methyl sites for hydroxylation is 1.